The molecule has 0 amide bonds. The summed E-state index contributed by atoms with van der Waals surface area (Å²) in [6, 6.07) is 10.6. The lowest BCUT2D eigenvalue weighted by Gasteiger charge is -2.31. The molecule has 2 heteroatoms. The first kappa shape index (κ1) is 13.6. The van der Waals surface area contributed by atoms with E-state index in [1.807, 2.05) is 0 Å². The third-order valence-corrected chi connectivity index (χ3v) is 4.23. The van der Waals surface area contributed by atoms with Gasteiger partial charge in [-0.3, -0.25) is 0 Å². The third kappa shape index (κ3) is 3.56. The number of hydrogen-bond acceptors (Lipinski definition) is 2. The Morgan fingerprint density at radius 2 is 1.83 bits per heavy atom. The first-order chi connectivity index (χ1) is 8.74. The topological polar surface area (TPSA) is 23.5 Å². The molecule has 0 spiro atoms. The van der Waals surface area contributed by atoms with Gasteiger partial charge < -0.3 is 10.0 Å². The van der Waals surface area contributed by atoms with Crippen LogP contribution in [0.3, 0.4) is 0 Å². The second kappa shape index (κ2) is 6.35. The van der Waals surface area contributed by atoms with Gasteiger partial charge in [-0.15, -0.1) is 0 Å². The van der Waals surface area contributed by atoms with E-state index in [9.17, 15) is 5.11 Å². The fraction of sp³-hybridized carbons (Fsp3) is 0.625. The molecule has 1 fully saturated rings. The van der Waals surface area contributed by atoms with Crippen molar-refractivity contribution in [2.24, 2.45) is 5.41 Å². The summed E-state index contributed by atoms with van der Waals surface area (Å²) in [5, 5.41) is 9.62. The van der Waals surface area contributed by atoms with E-state index in [2.05, 4.69) is 42.3 Å². The van der Waals surface area contributed by atoms with Crippen molar-refractivity contribution >= 4 is 0 Å². The Balaban J connectivity index is 1.79. The predicted molar refractivity (Wildman–Crippen MR) is 75.6 cm³/mol. The van der Waals surface area contributed by atoms with Crippen LogP contribution >= 0.6 is 0 Å². The molecule has 0 saturated heterocycles. The number of benzene rings is 1. The van der Waals surface area contributed by atoms with Crippen LogP contribution in [-0.4, -0.2) is 36.8 Å². The van der Waals surface area contributed by atoms with Crippen molar-refractivity contribution in [2.75, 3.05) is 26.7 Å². The summed E-state index contributed by atoms with van der Waals surface area (Å²) >= 11 is 0. The molecule has 1 aromatic rings. The molecule has 0 aromatic heterocycles. The van der Waals surface area contributed by atoms with Gasteiger partial charge in [-0.1, -0.05) is 43.2 Å². The molecule has 1 aliphatic rings. The van der Waals surface area contributed by atoms with E-state index < -0.39 is 0 Å². The molecule has 1 aliphatic carbocycles. The second-order valence-electron chi connectivity index (χ2n) is 5.84. The SMILES string of the molecule is CN(CCc1ccccc1)CC1(CO)CCCC1. The van der Waals surface area contributed by atoms with Crippen LogP contribution in [0.4, 0.5) is 0 Å². The minimum atomic E-state index is 0.186. The fourth-order valence-corrected chi connectivity index (χ4v) is 3.11. The average molecular weight is 247 g/mol. The van der Waals surface area contributed by atoms with E-state index in [0.29, 0.717) is 6.61 Å². The van der Waals surface area contributed by atoms with Crippen LogP contribution in [0.15, 0.2) is 30.3 Å². The van der Waals surface area contributed by atoms with Crippen molar-refractivity contribution in [3.8, 4) is 0 Å². The van der Waals surface area contributed by atoms with Crippen LogP contribution in [0, 0.1) is 5.41 Å². The van der Waals surface area contributed by atoms with Gasteiger partial charge in [0.2, 0.25) is 0 Å². The van der Waals surface area contributed by atoms with E-state index >= 15 is 0 Å². The summed E-state index contributed by atoms with van der Waals surface area (Å²) in [6.45, 7) is 2.46. The van der Waals surface area contributed by atoms with Gasteiger partial charge in [-0.05, 0) is 31.9 Å². The highest BCUT2D eigenvalue weighted by atomic mass is 16.3. The summed E-state index contributed by atoms with van der Waals surface area (Å²) in [4.78, 5) is 2.38. The Bertz CT molecular complexity index is 343. The van der Waals surface area contributed by atoms with E-state index in [4.69, 9.17) is 0 Å². The third-order valence-electron chi connectivity index (χ3n) is 4.23. The van der Waals surface area contributed by atoms with Crippen LogP contribution in [-0.2, 0) is 6.42 Å². The summed E-state index contributed by atoms with van der Waals surface area (Å²) in [5.41, 5.74) is 1.58. The lowest BCUT2D eigenvalue weighted by molar-refractivity contribution is 0.0894. The molecule has 0 atom stereocenters. The Hall–Kier alpha value is -0.860. The number of hydrogen-bond donors (Lipinski definition) is 1. The molecular formula is C16H25NO. The maximum Gasteiger partial charge on any atom is 0.0499 e. The predicted octanol–water partition coefficient (Wildman–Crippen LogP) is 2.71. The van der Waals surface area contributed by atoms with Gasteiger partial charge in [0, 0.05) is 25.1 Å². The summed E-state index contributed by atoms with van der Waals surface area (Å²) < 4.78 is 0. The van der Waals surface area contributed by atoms with Gasteiger partial charge in [-0.2, -0.15) is 0 Å². The minimum Gasteiger partial charge on any atom is -0.396 e. The summed E-state index contributed by atoms with van der Waals surface area (Å²) in [7, 11) is 2.18. The maximum absolute atomic E-state index is 9.62. The zero-order chi connectivity index (χ0) is 12.8. The van der Waals surface area contributed by atoms with Crippen molar-refractivity contribution in [1.29, 1.82) is 0 Å². The van der Waals surface area contributed by atoms with E-state index in [0.717, 1.165) is 19.5 Å². The molecule has 0 aliphatic heterocycles. The van der Waals surface area contributed by atoms with Gasteiger partial charge in [-0.25, -0.2) is 0 Å². The fourth-order valence-electron chi connectivity index (χ4n) is 3.11. The molecule has 18 heavy (non-hydrogen) atoms. The Morgan fingerprint density at radius 1 is 1.17 bits per heavy atom. The molecular weight excluding hydrogens is 222 g/mol. The molecule has 1 saturated carbocycles. The van der Waals surface area contributed by atoms with Gasteiger partial charge in [0.25, 0.3) is 0 Å². The number of nitrogens with zero attached hydrogens (tertiary/aromatic N) is 1. The van der Waals surface area contributed by atoms with Crippen LogP contribution in [0.1, 0.15) is 31.2 Å². The lowest BCUT2D eigenvalue weighted by Crippen LogP contribution is -2.37. The number of aliphatic hydroxyl groups excluding tert-OH is 1. The number of likely N-dealkylation sites (N-methyl/N-ethyl adjacent to an activating group) is 1. The molecule has 2 rings (SSSR count). The molecule has 1 N–H and O–H groups in total. The normalized spacial score (nSPS) is 18.4. The van der Waals surface area contributed by atoms with Gasteiger partial charge >= 0.3 is 0 Å². The highest BCUT2D eigenvalue weighted by Crippen LogP contribution is 2.38. The van der Waals surface area contributed by atoms with Crippen LogP contribution in [0.25, 0.3) is 0 Å². The summed E-state index contributed by atoms with van der Waals surface area (Å²) in [5.74, 6) is 0. The Kier molecular flexibility index (Phi) is 4.79. The highest BCUT2D eigenvalue weighted by Gasteiger charge is 2.33. The van der Waals surface area contributed by atoms with E-state index in [1.54, 1.807) is 0 Å². The quantitative estimate of drug-likeness (QED) is 0.835. The van der Waals surface area contributed by atoms with Crippen LogP contribution in [0.2, 0.25) is 0 Å². The van der Waals surface area contributed by atoms with Crippen molar-refractivity contribution < 1.29 is 5.11 Å². The Labute approximate surface area is 111 Å². The maximum atomic E-state index is 9.62. The molecule has 0 radical (unpaired) electrons. The van der Waals surface area contributed by atoms with Gasteiger partial charge in [0.05, 0.1) is 0 Å². The number of rotatable bonds is 6. The summed E-state index contributed by atoms with van der Waals surface area (Å²) in [6.07, 6.45) is 6.05. The van der Waals surface area contributed by atoms with Crippen LogP contribution in [0.5, 0.6) is 0 Å². The molecule has 0 bridgehead atoms. The highest BCUT2D eigenvalue weighted by molar-refractivity contribution is 5.14. The van der Waals surface area contributed by atoms with E-state index in [-0.39, 0.29) is 5.41 Å². The van der Waals surface area contributed by atoms with Gasteiger partial charge in [0.15, 0.2) is 0 Å². The molecule has 0 heterocycles. The van der Waals surface area contributed by atoms with Crippen molar-refractivity contribution in [3.05, 3.63) is 35.9 Å². The van der Waals surface area contributed by atoms with Crippen LogP contribution < -0.4 is 0 Å². The first-order valence-electron chi connectivity index (χ1n) is 7.07. The average Bonchev–Trinajstić information content (AvgIpc) is 2.87. The smallest absolute Gasteiger partial charge is 0.0499 e. The first-order valence-corrected chi connectivity index (χ1v) is 7.07. The molecule has 2 nitrogen and oxygen atoms in total. The molecule has 1 aromatic carbocycles. The number of aliphatic hydroxyl groups is 1. The standard InChI is InChI=1S/C16H25NO/c1-17(12-9-15-7-3-2-4-8-15)13-16(14-18)10-5-6-11-16/h2-4,7-8,18H,5-6,9-14H2,1H3. The zero-order valence-corrected chi connectivity index (χ0v) is 11.4. The largest absolute Gasteiger partial charge is 0.396 e. The van der Waals surface area contributed by atoms with E-state index in [1.165, 1.54) is 31.2 Å². The van der Waals surface area contributed by atoms with Crippen molar-refractivity contribution in [2.45, 2.75) is 32.1 Å². The molecule has 0 unspecified atom stereocenters. The lowest BCUT2D eigenvalue weighted by atomic mass is 9.86. The zero-order valence-electron chi connectivity index (χ0n) is 11.4. The van der Waals surface area contributed by atoms with Gasteiger partial charge in [0.1, 0.15) is 0 Å². The minimum absolute atomic E-state index is 0.186. The monoisotopic (exact) mass is 247 g/mol. The van der Waals surface area contributed by atoms with Crippen molar-refractivity contribution in [1.82, 2.24) is 4.90 Å². The Morgan fingerprint density at radius 3 is 2.44 bits per heavy atom. The second-order valence-corrected chi connectivity index (χ2v) is 5.84. The molecule has 100 valence electrons. The van der Waals surface area contributed by atoms with Crippen molar-refractivity contribution in [3.63, 3.8) is 0 Å².